The monoisotopic (exact) mass is 301 g/mol. The summed E-state index contributed by atoms with van der Waals surface area (Å²) >= 11 is 0. The standard InChI is InChI=1S/C17H23N3O2/c1-12(2)15(17(22)20(4)11-5-10-18)19-16(21)14-8-6-13(3)7-9-14/h6-9,12,15H,5,11H2,1-4H3,(H,19,21). The summed E-state index contributed by atoms with van der Waals surface area (Å²) in [6, 6.07) is 8.62. The molecule has 1 unspecified atom stereocenters. The second kappa shape index (κ2) is 8.18. The van der Waals surface area contributed by atoms with Crippen LogP contribution in [0.3, 0.4) is 0 Å². The lowest BCUT2D eigenvalue weighted by molar-refractivity contribution is -0.132. The Bertz CT molecular complexity index is 558. The molecule has 1 aromatic rings. The van der Waals surface area contributed by atoms with Crippen molar-refractivity contribution in [1.82, 2.24) is 10.2 Å². The largest absolute Gasteiger partial charge is 0.343 e. The number of rotatable bonds is 6. The lowest BCUT2D eigenvalue weighted by Crippen LogP contribution is -2.50. The summed E-state index contributed by atoms with van der Waals surface area (Å²) in [6.45, 7) is 6.08. The van der Waals surface area contributed by atoms with Gasteiger partial charge in [-0.3, -0.25) is 9.59 Å². The van der Waals surface area contributed by atoms with Gasteiger partial charge in [0.15, 0.2) is 0 Å². The zero-order valence-electron chi connectivity index (χ0n) is 13.6. The van der Waals surface area contributed by atoms with Crippen LogP contribution >= 0.6 is 0 Å². The van der Waals surface area contributed by atoms with Crippen LogP contribution in [0.1, 0.15) is 36.2 Å². The van der Waals surface area contributed by atoms with Crippen LogP contribution in [0.2, 0.25) is 0 Å². The van der Waals surface area contributed by atoms with E-state index in [0.717, 1.165) is 5.56 Å². The Morgan fingerprint density at radius 1 is 1.27 bits per heavy atom. The van der Waals surface area contributed by atoms with Crippen molar-refractivity contribution in [2.75, 3.05) is 13.6 Å². The number of nitrogens with one attached hydrogen (secondary N) is 1. The third-order valence-electron chi connectivity index (χ3n) is 3.47. The van der Waals surface area contributed by atoms with E-state index in [1.165, 1.54) is 4.90 Å². The van der Waals surface area contributed by atoms with Gasteiger partial charge in [0.1, 0.15) is 6.04 Å². The number of nitrogens with zero attached hydrogens (tertiary/aromatic N) is 2. The van der Waals surface area contributed by atoms with Crippen LogP contribution in [0.15, 0.2) is 24.3 Å². The van der Waals surface area contributed by atoms with Crippen LogP contribution < -0.4 is 5.32 Å². The van der Waals surface area contributed by atoms with E-state index in [-0.39, 0.29) is 24.2 Å². The van der Waals surface area contributed by atoms with Crippen LogP contribution in [0, 0.1) is 24.2 Å². The van der Waals surface area contributed by atoms with E-state index in [1.807, 2.05) is 39.0 Å². The number of nitriles is 1. The lowest BCUT2D eigenvalue weighted by atomic mass is 10.0. The van der Waals surface area contributed by atoms with Gasteiger partial charge in [0.05, 0.1) is 12.5 Å². The highest BCUT2D eigenvalue weighted by Gasteiger charge is 2.27. The van der Waals surface area contributed by atoms with Gasteiger partial charge in [0.25, 0.3) is 5.91 Å². The fraction of sp³-hybridized carbons (Fsp3) is 0.471. The number of amides is 2. The van der Waals surface area contributed by atoms with Gasteiger partial charge in [-0.05, 0) is 25.0 Å². The van der Waals surface area contributed by atoms with Crippen molar-refractivity contribution in [2.45, 2.75) is 33.2 Å². The lowest BCUT2D eigenvalue weighted by Gasteiger charge is -2.26. The maximum absolute atomic E-state index is 12.4. The van der Waals surface area contributed by atoms with E-state index >= 15 is 0 Å². The minimum atomic E-state index is -0.600. The summed E-state index contributed by atoms with van der Waals surface area (Å²) < 4.78 is 0. The molecule has 0 saturated heterocycles. The van der Waals surface area contributed by atoms with Crippen molar-refractivity contribution in [1.29, 1.82) is 5.26 Å². The van der Waals surface area contributed by atoms with Gasteiger partial charge in [-0.15, -0.1) is 0 Å². The molecule has 5 heteroatoms. The van der Waals surface area contributed by atoms with E-state index in [1.54, 1.807) is 19.2 Å². The van der Waals surface area contributed by atoms with Gasteiger partial charge in [-0.25, -0.2) is 0 Å². The Morgan fingerprint density at radius 3 is 2.36 bits per heavy atom. The molecule has 0 heterocycles. The van der Waals surface area contributed by atoms with E-state index in [9.17, 15) is 9.59 Å². The molecule has 0 radical (unpaired) electrons. The summed E-state index contributed by atoms with van der Waals surface area (Å²) in [5, 5.41) is 11.4. The second-order valence-corrected chi connectivity index (χ2v) is 5.73. The molecular weight excluding hydrogens is 278 g/mol. The quantitative estimate of drug-likeness (QED) is 0.874. The molecule has 0 aliphatic rings. The Labute approximate surface area is 131 Å². The predicted molar refractivity (Wildman–Crippen MR) is 85.1 cm³/mol. The SMILES string of the molecule is Cc1ccc(C(=O)NC(C(=O)N(C)CCC#N)C(C)C)cc1. The molecule has 1 aromatic carbocycles. The highest BCUT2D eigenvalue weighted by atomic mass is 16.2. The van der Waals surface area contributed by atoms with Crippen LogP contribution in [-0.2, 0) is 4.79 Å². The van der Waals surface area contributed by atoms with Gasteiger partial charge in [0.2, 0.25) is 5.91 Å². The molecule has 0 spiro atoms. The molecule has 0 fully saturated rings. The van der Waals surface area contributed by atoms with Gasteiger partial charge in [-0.1, -0.05) is 31.5 Å². The molecule has 22 heavy (non-hydrogen) atoms. The van der Waals surface area contributed by atoms with Crippen molar-refractivity contribution >= 4 is 11.8 Å². The maximum Gasteiger partial charge on any atom is 0.251 e. The Kier molecular flexibility index (Phi) is 6.58. The molecule has 1 N–H and O–H groups in total. The first-order valence-corrected chi connectivity index (χ1v) is 7.36. The number of carbonyl (C=O) groups excluding carboxylic acids is 2. The average molecular weight is 301 g/mol. The number of aryl methyl sites for hydroxylation is 1. The first-order chi connectivity index (χ1) is 10.4. The molecule has 0 aromatic heterocycles. The summed E-state index contributed by atoms with van der Waals surface area (Å²) in [7, 11) is 1.65. The van der Waals surface area contributed by atoms with Crippen LogP contribution in [0.4, 0.5) is 0 Å². The number of hydrogen-bond donors (Lipinski definition) is 1. The Hall–Kier alpha value is -2.35. The normalized spacial score (nSPS) is 11.6. The minimum absolute atomic E-state index is 0.0357. The predicted octanol–water partition coefficient (Wildman–Crippen LogP) is 2.12. The molecule has 0 aliphatic carbocycles. The molecule has 0 saturated carbocycles. The summed E-state index contributed by atoms with van der Waals surface area (Å²) in [4.78, 5) is 26.2. The van der Waals surface area contributed by atoms with Gasteiger partial charge < -0.3 is 10.2 Å². The van der Waals surface area contributed by atoms with Crippen LogP contribution in [0.25, 0.3) is 0 Å². The van der Waals surface area contributed by atoms with Crippen molar-refractivity contribution in [3.8, 4) is 6.07 Å². The molecule has 0 aliphatic heterocycles. The number of likely N-dealkylation sites (N-methyl/N-ethyl adjacent to an activating group) is 1. The van der Waals surface area contributed by atoms with Gasteiger partial charge >= 0.3 is 0 Å². The molecule has 1 rings (SSSR count). The highest BCUT2D eigenvalue weighted by molar-refractivity contribution is 5.97. The number of benzene rings is 1. The number of hydrogen-bond acceptors (Lipinski definition) is 3. The zero-order chi connectivity index (χ0) is 16.7. The molecular formula is C17H23N3O2. The molecule has 1 atom stereocenters. The third kappa shape index (κ3) is 4.88. The highest BCUT2D eigenvalue weighted by Crippen LogP contribution is 2.09. The van der Waals surface area contributed by atoms with Crippen molar-refractivity contribution in [3.63, 3.8) is 0 Å². The first-order valence-electron chi connectivity index (χ1n) is 7.36. The van der Waals surface area contributed by atoms with E-state index in [0.29, 0.717) is 12.1 Å². The zero-order valence-corrected chi connectivity index (χ0v) is 13.6. The van der Waals surface area contributed by atoms with E-state index in [4.69, 9.17) is 5.26 Å². The molecule has 118 valence electrons. The Morgan fingerprint density at radius 2 is 1.86 bits per heavy atom. The number of carbonyl (C=O) groups is 2. The van der Waals surface area contributed by atoms with Gasteiger partial charge in [0, 0.05) is 19.2 Å². The molecule has 2 amide bonds. The summed E-state index contributed by atoms with van der Waals surface area (Å²) in [5.41, 5.74) is 1.60. The summed E-state index contributed by atoms with van der Waals surface area (Å²) in [6.07, 6.45) is 0.277. The van der Waals surface area contributed by atoms with Crippen molar-refractivity contribution < 1.29 is 9.59 Å². The Balaban J connectivity index is 2.79. The smallest absolute Gasteiger partial charge is 0.251 e. The molecule has 0 bridgehead atoms. The van der Waals surface area contributed by atoms with E-state index < -0.39 is 6.04 Å². The third-order valence-corrected chi connectivity index (χ3v) is 3.47. The van der Waals surface area contributed by atoms with Crippen LogP contribution in [0.5, 0.6) is 0 Å². The average Bonchev–Trinajstić information content (AvgIpc) is 2.49. The van der Waals surface area contributed by atoms with Crippen LogP contribution in [-0.4, -0.2) is 36.3 Å². The van der Waals surface area contributed by atoms with Crippen molar-refractivity contribution in [3.05, 3.63) is 35.4 Å². The minimum Gasteiger partial charge on any atom is -0.343 e. The van der Waals surface area contributed by atoms with E-state index in [2.05, 4.69) is 5.32 Å². The van der Waals surface area contributed by atoms with Gasteiger partial charge in [-0.2, -0.15) is 5.26 Å². The summed E-state index contributed by atoms with van der Waals surface area (Å²) in [5.74, 6) is -0.474. The fourth-order valence-electron chi connectivity index (χ4n) is 2.01. The molecule has 5 nitrogen and oxygen atoms in total. The second-order valence-electron chi connectivity index (χ2n) is 5.73. The fourth-order valence-corrected chi connectivity index (χ4v) is 2.01. The first kappa shape index (κ1) is 17.7. The van der Waals surface area contributed by atoms with Crippen molar-refractivity contribution in [2.24, 2.45) is 5.92 Å². The topological polar surface area (TPSA) is 73.2 Å². The maximum atomic E-state index is 12.4.